The van der Waals surface area contributed by atoms with Gasteiger partial charge < -0.3 is 9.16 Å². The van der Waals surface area contributed by atoms with Crippen molar-refractivity contribution in [3.8, 4) is 5.75 Å². The van der Waals surface area contributed by atoms with Crippen LogP contribution in [0.2, 0.25) is 23.4 Å². The number of halogens is 2. The summed E-state index contributed by atoms with van der Waals surface area (Å²) in [5.74, 6) is 0.762. The van der Waals surface area contributed by atoms with Gasteiger partial charge in [-0.05, 0) is 67.5 Å². The van der Waals surface area contributed by atoms with Crippen LogP contribution in [0.5, 0.6) is 5.75 Å². The van der Waals surface area contributed by atoms with Crippen molar-refractivity contribution in [2.75, 3.05) is 0 Å². The molecule has 0 aliphatic heterocycles. The number of nitrogens with zero attached hydrogens (tertiary/aromatic N) is 2. The van der Waals surface area contributed by atoms with Gasteiger partial charge in [0.1, 0.15) is 11.3 Å². The predicted molar refractivity (Wildman–Crippen MR) is 117 cm³/mol. The molecule has 0 amide bonds. The van der Waals surface area contributed by atoms with E-state index in [1.54, 1.807) is 6.20 Å². The molecule has 1 aromatic carbocycles. The molecule has 0 bridgehead atoms. The minimum absolute atomic E-state index is 0.176. The van der Waals surface area contributed by atoms with Crippen molar-refractivity contribution in [2.45, 2.75) is 76.8 Å². The molecule has 0 unspecified atom stereocenters. The molecule has 0 atom stereocenters. The largest absolute Gasteiger partial charge is 0.488 e. The number of benzene rings is 1. The van der Waals surface area contributed by atoms with Gasteiger partial charge in [-0.25, -0.2) is 9.97 Å². The van der Waals surface area contributed by atoms with E-state index in [4.69, 9.17) is 20.8 Å². The predicted octanol–water partition coefficient (Wildman–Crippen LogP) is 6.76. The fraction of sp³-hybridized carbons (Fsp3) is 0.600. The molecule has 27 heavy (non-hydrogen) atoms. The molecule has 1 fully saturated rings. The number of fused-ring (bicyclic) bond motifs is 1. The van der Waals surface area contributed by atoms with Crippen molar-refractivity contribution >= 4 is 46.8 Å². The average Bonchev–Trinajstić information content (AvgIpc) is 2.56. The zero-order valence-electron chi connectivity index (χ0n) is 16.7. The van der Waals surface area contributed by atoms with Crippen LogP contribution in [0.4, 0.5) is 0 Å². The van der Waals surface area contributed by atoms with Crippen LogP contribution in [0.1, 0.15) is 46.5 Å². The minimum Gasteiger partial charge on any atom is -0.488 e. The Morgan fingerprint density at radius 1 is 1.11 bits per heavy atom. The summed E-state index contributed by atoms with van der Waals surface area (Å²) in [6.45, 7) is 11.5. The molecule has 0 N–H and O–H groups in total. The maximum atomic E-state index is 6.58. The second-order valence-corrected chi connectivity index (χ2v) is 14.9. The fourth-order valence-corrected chi connectivity index (χ4v) is 5.20. The summed E-state index contributed by atoms with van der Waals surface area (Å²) in [7, 11) is -1.72. The number of hydrogen-bond acceptors (Lipinski definition) is 4. The van der Waals surface area contributed by atoms with Crippen LogP contribution in [0.25, 0.3) is 10.9 Å². The maximum Gasteiger partial charge on any atom is 0.223 e. The van der Waals surface area contributed by atoms with Gasteiger partial charge in [0.2, 0.25) is 5.28 Å². The van der Waals surface area contributed by atoms with E-state index in [-0.39, 0.29) is 16.4 Å². The average molecular weight is 472 g/mol. The van der Waals surface area contributed by atoms with Gasteiger partial charge in [-0.1, -0.05) is 36.7 Å². The van der Waals surface area contributed by atoms with Gasteiger partial charge in [0, 0.05) is 22.2 Å². The molecule has 1 aromatic heterocycles. The third-order valence-electron chi connectivity index (χ3n) is 5.77. The molecule has 1 saturated carbocycles. The summed E-state index contributed by atoms with van der Waals surface area (Å²) < 4.78 is 13.9. The summed E-state index contributed by atoms with van der Waals surface area (Å²) in [6, 6.07) is 3.94. The SMILES string of the molecule is CC(C)(C)[Si](C)(C)OC1CCC(Oc2cc(Br)cc3cnc(Cl)nc23)CC1. The standard InChI is InChI=1S/C20H28BrClN2O2Si/c1-20(2,3)27(4,5)26-16-8-6-15(7-9-16)25-17-11-14(21)10-13-12-23-19(22)24-18(13)17/h10-12,15-16H,6-9H2,1-5H3. The van der Waals surface area contributed by atoms with Crippen LogP contribution in [-0.2, 0) is 4.43 Å². The summed E-state index contributed by atoms with van der Waals surface area (Å²) in [6.07, 6.45) is 6.32. The molecule has 1 aliphatic rings. The van der Waals surface area contributed by atoms with E-state index in [0.29, 0.717) is 6.10 Å². The Morgan fingerprint density at radius 3 is 2.37 bits per heavy atom. The Kier molecular flexibility index (Phi) is 6.21. The first-order valence-electron chi connectivity index (χ1n) is 9.51. The highest BCUT2D eigenvalue weighted by Gasteiger charge is 2.40. The van der Waals surface area contributed by atoms with E-state index in [1.807, 2.05) is 12.1 Å². The zero-order chi connectivity index (χ0) is 19.8. The Morgan fingerprint density at radius 2 is 1.74 bits per heavy atom. The molecule has 1 aliphatic carbocycles. The first-order valence-corrected chi connectivity index (χ1v) is 13.6. The third kappa shape index (κ3) is 5.02. The van der Waals surface area contributed by atoms with E-state index in [0.717, 1.165) is 46.8 Å². The summed E-state index contributed by atoms with van der Waals surface area (Å²) in [5.41, 5.74) is 0.762. The molecule has 0 spiro atoms. The van der Waals surface area contributed by atoms with Gasteiger partial charge in [0.05, 0.1) is 6.10 Å². The molecule has 2 aromatic rings. The Balaban J connectivity index is 1.66. The van der Waals surface area contributed by atoms with Crippen molar-refractivity contribution in [3.63, 3.8) is 0 Å². The van der Waals surface area contributed by atoms with E-state index in [1.165, 1.54) is 0 Å². The molecule has 148 valence electrons. The number of ether oxygens (including phenoxy) is 1. The van der Waals surface area contributed by atoms with Crippen molar-refractivity contribution in [2.24, 2.45) is 0 Å². The van der Waals surface area contributed by atoms with E-state index in [9.17, 15) is 0 Å². The molecule has 1 heterocycles. The van der Waals surface area contributed by atoms with Gasteiger partial charge in [-0.2, -0.15) is 0 Å². The Labute approximate surface area is 176 Å². The first-order chi connectivity index (χ1) is 12.5. The third-order valence-corrected chi connectivity index (χ3v) is 10.9. The molecule has 4 nitrogen and oxygen atoms in total. The van der Waals surface area contributed by atoms with Crippen LogP contribution >= 0.6 is 27.5 Å². The monoisotopic (exact) mass is 470 g/mol. The second kappa shape index (κ2) is 7.97. The van der Waals surface area contributed by atoms with Crippen LogP contribution in [0.15, 0.2) is 22.8 Å². The number of rotatable bonds is 4. The van der Waals surface area contributed by atoms with Crippen LogP contribution in [-0.4, -0.2) is 30.5 Å². The van der Waals surface area contributed by atoms with Crippen molar-refractivity contribution in [1.29, 1.82) is 0 Å². The second-order valence-electron chi connectivity index (χ2n) is 8.88. The first kappa shape index (κ1) is 21.0. The van der Waals surface area contributed by atoms with Crippen LogP contribution in [0, 0.1) is 0 Å². The minimum atomic E-state index is -1.72. The van der Waals surface area contributed by atoms with Crippen molar-refractivity contribution < 1.29 is 9.16 Å². The number of aromatic nitrogens is 2. The smallest absolute Gasteiger partial charge is 0.223 e. The lowest BCUT2D eigenvalue weighted by molar-refractivity contribution is 0.0732. The van der Waals surface area contributed by atoms with Gasteiger partial charge in [-0.15, -0.1) is 0 Å². The van der Waals surface area contributed by atoms with Crippen molar-refractivity contribution in [1.82, 2.24) is 9.97 Å². The van der Waals surface area contributed by atoms with Gasteiger partial charge >= 0.3 is 0 Å². The molecule has 7 heteroatoms. The molecule has 0 saturated heterocycles. The molecule has 3 rings (SSSR count). The summed E-state index contributed by atoms with van der Waals surface area (Å²) in [4.78, 5) is 8.43. The lowest BCUT2D eigenvalue weighted by Gasteiger charge is -2.41. The van der Waals surface area contributed by atoms with Gasteiger partial charge in [-0.3, -0.25) is 0 Å². The lowest BCUT2D eigenvalue weighted by Crippen LogP contribution is -2.45. The highest BCUT2D eigenvalue weighted by molar-refractivity contribution is 9.10. The van der Waals surface area contributed by atoms with Crippen LogP contribution in [0.3, 0.4) is 0 Å². The Bertz CT molecular complexity index is 817. The van der Waals surface area contributed by atoms with Gasteiger partial charge in [0.25, 0.3) is 0 Å². The summed E-state index contributed by atoms with van der Waals surface area (Å²) >= 11 is 9.53. The van der Waals surface area contributed by atoms with Gasteiger partial charge in [0.15, 0.2) is 8.32 Å². The van der Waals surface area contributed by atoms with Crippen LogP contribution < -0.4 is 4.74 Å². The summed E-state index contributed by atoms with van der Waals surface area (Å²) in [5, 5.41) is 1.40. The molecular weight excluding hydrogens is 444 g/mol. The quantitative estimate of drug-likeness (QED) is 0.365. The fourth-order valence-electron chi connectivity index (χ4n) is 3.19. The highest BCUT2D eigenvalue weighted by Crippen LogP contribution is 2.39. The number of hydrogen-bond donors (Lipinski definition) is 0. The molecule has 0 radical (unpaired) electrons. The zero-order valence-corrected chi connectivity index (χ0v) is 20.0. The topological polar surface area (TPSA) is 44.2 Å². The van der Waals surface area contributed by atoms with E-state index in [2.05, 4.69) is 59.8 Å². The highest BCUT2D eigenvalue weighted by atomic mass is 79.9. The Hall–Kier alpha value is -0.693. The lowest BCUT2D eigenvalue weighted by atomic mass is 9.95. The van der Waals surface area contributed by atoms with E-state index < -0.39 is 8.32 Å². The molecular formula is C20H28BrClN2O2Si. The van der Waals surface area contributed by atoms with Crippen molar-refractivity contribution in [3.05, 3.63) is 28.1 Å². The normalized spacial score (nSPS) is 21.4. The maximum absolute atomic E-state index is 6.58. The van der Waals surface area contributed by atoms with E-state index >= 15 is 0 Å².